The van der Waals surface area contributed by atoms with Crippen molar-refractivity contribution in [3.8, 4) is 0 Å². The van der Waals surface area contributed by atoms with Crippen molar-refractivity contribution >= 4 is 5.78 Å². The quantitative estimate of drug-likeness (QED) is 0.826. The average molecular weight is 332 g/mol. The lowest BCUT2D eigenvalue weighted by Gasteiger charge is -2.52. The van der Waals surface area contributed by atoms with Crippen molar-refractivity contribution in [2.75, 3.05) is 13.7 Å². The smallest absolute Gasteiger partial charge is 0.184 e. The number of ether oxygens (including phenoxy) is 5. The SMILES string of the molecule is CO[C@@H]1CC2(CC(=O)C=CO2)[C@@H]2O[C@H](c3ccccc3)OC[C@H]2O1. The molecule has 6 heteroatoms. The molecule has 0 aromatic heterocycles. The van der Waals surface area contributed by atoms with Gasteiger partial charge in [-0.25, -0.2) is 0 Å². The van der Waals surface area contributed by atoms with Gasteiger partial charge in [0.1, 0.15) is 17.8 Å². The molecule has 1 unspecified atom stereocenters. The predicted octanol–water partition coefficient (Wildman–Crippen LogP) is 2.10. The number of hydrogen-bond donors (Lipinski definition) is 0. The van der Waals surface area contributed by atoms with E-state index in [0.717, 1.165) is 5.56 Å². The maximum absolute atomic E-state index is 12.0. The van der Waals surface area contributed by atoms with E-state index < -0.39 is 24.3 Å². The van der Waals surface area contributed by atoms with Gasteiger partial charge < -0.3 is 23.7 Å². The molecule has 1 aromatic rings. The fourth-order valence-corrected chi connectivity index (χ4v) is 3.60. The number of hydrogen-bond acceptors (Lipinski definition) is 6. The zero-order valence-corrected chi connectivity index (χ0v) is 13.4. The first-order chi connectivity index (χ1) is 11.7. The fourth-order valence-electron chi connectivity index (χ4n) is 3.60. The minimum absolute atomic E-state index is 0.0168. The molecule has 6 nitrogen and oxygen atoms in total. The van der Waals surface area contributed by atoms with Gasteiger partial charge in [-0.1, -0.05) is 30.3 Å². The Kier molecular flexibility index (Phi) is 4.14. The van der Waals surface area contributed by atoms with E-state index >= 15 is 0 Å². The second kappa shape index (κ2) is 6.29. The van der Waals surface area contributed by atoms with E-state index in [0.29, 0.717) is 13.0 Å². The van der Waals surface area contributed by atoms with E-state index in [1.807, 2.05) is 30.3 Å². The number of ketones is 1. The summed E-state index contributed by atoms with van der Waals surface area (Å²) in [6, 6.07) is 9.71. The number of carbonyl (C=O) groups is 1. The molecular weight excluding hydrogens is 312 g/mol. The Labute approximate surface area is 140 Å². The number of fused-ring (bicyclic) bond motifs is 2. The Balaban J connectivity index is 1.62. The van der Waals surface area contributed by atoms with Gasteiger partial charge in [-0.15, -0.1) is 0 Å². The zero-order chi connectivity index (χ0) is 16.6. The summed E-state index contributed by atoms with van der Waals surface area (Å²) in [6.07, 6.45) is 1.88. The minimum atomic E-state index is -0.785. The van der Waals surface area contributed by atoms with E-state index in [2.05, 4.69) is 0 Å². The molecule has 24 heavy (non-hydrogen) atoms. The fraction of sp³-hybridized carbons (Fsp3) is 0.500. The van der Waals surface area contributed by atoms with Crippen molar-refractivity contribution in [3.05, 3.63) is 48.2 Å². The molecular formula is C18H20O6. The molecule has 0 saturated carbocycles. The topological polar surface area (TPSA) is 63.2 Å². The van der Waals surface area contributed by atoms with Crippen molar-refractivity contribution in [2.24, 2.45) is 0 Å². The van der Waals surface area contributed by atoms with Gasteiger partial charge in [0, 0.05) is 25.2 Å². The van der Waals surface area contributed by atoms with Crippen LogP contribution in [0.3, 0.4) is 0 Å². The van der Waals surface area contributed by atoms with Crippen LogP contribution in [-0.4, -0.2) is 43.6 Å². The largest absolute Gasteiger partial charge is 0.491 e. The number of rotatable bonds is 2. The van der Waals surface area contributed by atoms with Crippen LogP contribution in [0, 0.1) is 0 Å². The summed E-state index contributed by atoms with van der Waals surface area (Å²) in [7, 11) is 1.58. The number of methoxy groups -OCH3 is 1. The van der Waals surface area contributed by atoms with Crippen LogP contribution in [0.4, 0.5) is 0 Å². The second-order valence-electron chi connectivity index (χ2n) is 6.31. The van der Waals surface area contributed by atoms with Gasteiger partial charge in [-0.3, -0.25) is 4.79 Å². The van der Waals surface area contributed by atoms with Gasteiger partial charge in [-0.2, -0.15) is 0 Å². The van der Waals surface area contributed by atoms with E-state index in [9.17, 15) is 4.79 Å². The molecule has 0 N–H and O–H groups in total. The predicted molar refractivity (Wildman–Crippen MR) is 82.9 cm³/mol. The van der Waals surface area contributed by atoms with E-state index in [1.54, 1.807) is 7.11 Å². The third-order valence-corrected chi connectivity index (χ3v) is 4.74. The molecule has 3 heterocycles. The van der Waals surface area contributed by atoms with Crippen molar-refractivity contribution in [1.82, 2.24) is 0 Å². The molecule has 0 aliphatic carbocycles. The van der Waals surface area contributed by atoms with Crippen molar-refractivity contribution in [2.45, 2.75) is 43.2 Å². The van der Waals surface area contributed by atoms with Crippen LogP contribution in [0.5, 0.6) is 0 Å². The summed E-state index contributed by atoms with van der Waals surface area (Å²) >= 11 is 0. The van der Waals surface area contributed by atoms with E-state index in [4.69, 9.17) is 23.7 Å². The van der Waals surface area contributed by atoms with Gasteiger partial charge in [-0.05, 0) is 0 Å². The van der Waals surface area contributed by atoms with Crippen LogP contribution in [0.25, 0.3) is 0 Å². The van der Waals surface area contributed by atoms with Crippen molar-refractivity contribution < 1.29 is 28.5 Å². The van der Waals surface area contributed by atoms with Crippen LogP contribution in [0.2, 0.25) is 0 Å². The molecule has 3 aliphatic rings. The minimum Gasteiger partial charge on any atom is -0.491 e. The first-order valence-electron chi connectivity index (χ1n) is 8.08. The summed E-state index contributed by atoms with van der Waals surface area (Å²) in [5, 5.41) is 0. The van der Waals surface area contributed by atoms with Crippen molar-refractivity contribution in [3.63, 3.8) is 0 Å². The maximum atomic E-state index is 12.0. The lowest BCUT2D eigenvalue weighted by molar-refractivity contribution is -0.357. The summed E-state index contributed by atoms with van der Waals surface area (Å²) < 4.78 is 29.2. The van der Waals surface area contributed by atoms with Gasteiger partial charge >= 0.3 is 0 Å². The van der Waals surface area contributed by atoms with Crippen LogP contribution in [0.15, 0.2) is 42.7 Å². The highest BCUT2D eigenvalue weighted by molar-refractivity contribution is 5.91. The Morgan fingerprint density at radius 3 is 2.79 bits per heavy atom. The molecule has 0 bridgehead atoms. The monoisotopic (exact) mass is 332 g/mol. The van der Waals surface area contributed by atoms with Gasteiger partial charge in [0.25, 0.3) is 0 Å². The summed E-state index contributed by atoms with van der Waals surface area (Å²) in [6.45, 7) is 0.354. The number of benzene rings is 1. The molecule has 128 valence electrons. The summed E-state index contributed by atoms with van der Waals surface area (Å²) in [4.78, 5) is 12.0. The highest BCUT2D eigenvalue weighted by Gasteiger charge is 2.56. The lowest BCUT2D eigenvalue weighted by Crippen LogP contribution is -2.64. The maximum Gasteiger partial charge on any atom is 0.184 e. The van der Waals surface area contributed by atoms with Gasteiger partial charge in [0.05, 0.1) is 19.3 Å². The number of allylic oxidation sites excluding steroid dienone is 1. The van der Waals surface area contributed by atoms with E-state index in [1.165, 1.54) is 12.3 Å². The second-order valence-corrected chi connectivity index (χ2v) is 6.31. The van der Waals surface area contributed by atoms with Gasteiger partial charge in [0.15, 0.2) is 18.4 Å². The molecule has 2 saturated heterocycles. The molecule has 2 fully saturated rings. The van der Waals surface area contributed by atoms with Crippen LogP contribution in [-0.2, 0) is 28.5 Å². The van der Waals surface area contributed by atoms with Crippen molar-refractivity contribution in [1.29, 1.82) is 0 Å². The van der Waals surface area contributed by atoms with Gasteiger partial charge in [0.2, 0.25) is 0 Å². The lowest BCUT2D eigenvalue weighted by atomic mass is 9.80. The normalized spacial score (nSPS) is 38.6. The average Bonchev–Trinajstić information content (AvgIpc) is 2.62. The Morgan fingerprint density at radius 1 is 1.21 bits per heavy atom. The van der Waals surface area contributed by atoms with Crippen LogP contribution in [0.1, 0.15) is 24.7 Å². The molecule has 1 aromatic carbocycles. The standard InChI is InChI=1S/C18H20O6/c1-20-15-10-18(9-13(19)7-8-22-18)16-14(23-15)11-21-17(24-16)12-5-3-2-4-6-12/h2-8,14-17H,9-11H2,1H3/t14-,15+,16-,17-,18?/m1/s1. The summed E-state index contributed by atoms with van der Waals surface area (Å²) in [5.74, 6) is 0.0168. The van der Waals surface area contributed by atoms with Crippen LogP contribution < -0.4 is 0 Å². The highest BCUT2D eigenvalue weighted by Crippen LogP contribution is 2.44. The molecule has 1 spiro atoms. The number of carbonyl (C=O) groups excluding carboxylic acids is 1. The third kappa shape index (κ3) is 2.75. The first kappa shape index (κ1) is 15.8. The molecule has 4 rings (SSSR count). The highest BCUT2D eigenvalue weighted by atomic mass is 16.7. The molecule has 0 amide bonds. The van der Waals surface area contributed by atoms with E-state index in [-0.39, 0.29) is 18.3 Å². The first-order valence-corrected chi connectivity index (χ1v) is 8.08. The third-order valence-electron chi connectivity index (χ3n) is 4.74. The Hall–Kier alpha value is -1.73. The summed E-state index contributed by atoms with van der Waals surface area (Å²) in [5.41, 5.74) is 0.143. The zero-order valence-electron chi connectivity index (χ0n) is 13.4. The molecule has 3 aliphatic heterocycles. The Bertz CT molecular complexity index is 630. The molecule has 0 radical (unpaired) electrons. The molecule has 5 atom stereocenters. The van der Waals surface area contributed by atoms with Crippen LogP contribution >= 0.6 is 0 Å². The Morgan fingerprint density at radius 2 is 2.04 bits per heavy atom.